The molecule has 0 spiro atoms. The molecule has 146 valence electrons. The van der Waals surface area contributed by atoms with Crippen LogP contribution in [-0.2, 0) is 19.1 Å². The summed E-state index contributed by atoms with van der Waals surface area (Å²) in [6.45, 7) is 5.44. The summed E-state index contributed by atoms with van der Waals surface area (Å²) in [5.41, 5.74) is 0.193. The number of rotatable bonds is 4. The van der Waals surface area contributed by atoms with Crippen molar-refractivity contribution >= 4 is 23.5 Å². The molecular formula is C21H22N2O5. The first-order chi connectivity index (χ1) is 13.4. The number of carbonyl (C=O) groups excluding carboxylic acids is 3. The lowest BCUT2D eigenvalue weighted by atomic mass is 9.81. The van der Waals surface area contributed by atoms with Crippen LogP contribution in [0, 0.1) is 18.8 Å². The van der Waals surface area contributed by atoms with E-state index in [2.05, 4.69) is 5.32 Å². The highest BCUT2D eigenvalue weighted by Crippen LogP contribution is 2.50. The summed E-state index contributed by atoms with van der Waals surface area (Å²) in [5.74, 6) is -2.43. The maximum absolute atomic E-state index is 13.3. The highest BCUT2D eigenvalue weighted by molar-refractivity contribution is 6.24. The molecule has 2 amide bonds. The Morgan fingerprint density at radius 1 is 1.21 bits per heavy atom. The monoisotopic (exact) mass is 382 g/mol. The topological polar surface area (TPSA) is 88.8 Å². The number of amides is 2. The average molecular weight is 382 g/mol. The Balaban J connectivity index is 1.80. The molecule has 0 bridgehead atoms. The number of hydrogen-bond acceptors (Lipinski definition) is 6. The second kappa shape index (κ2) is 6.60. The van der Waals surface area contributed by atoms with Gasteiger partial charge in [0.25, 0.3) is 0 Å². The number of fused-ring (bicyclic) bond motifs is 1. The van der Waals surface area contributed by atoms with Gasteiger partial charge in [-0.1, -0.05) is 17.7 Å². The summed E-state index contributed by atoms with van der Waals surface area (Å²) in [4.78, 5) is 40.6. The molecule has 2 aromatic rings. The second-order valence-corrected chi connectivity index (χ2v) is 7.41. The molecule has 3 heterocycles. The Labute approximate surface area is 162 Å². The summed E-state index contributed by atoms with van der Waals surface area (Å²) in [5, 5.41) is 3.16. The molecule has 2 fully saturated rings. The first kappa shape index (κ1) is 18.4. The van der Waals surface area contributed by atoms with E-state index in [1.165, 1.54) is 11.2 Å². The van der Waals surface area contributed by atoms with Crippen LogP contribution in [0.4, 0.5) is 5.69 Å². The summed E-state index contributed by atoms with van der Waals surface area (Å²) in [6.07, 6.45) is 1.50. The predicted molar refractivity (Wildman–Crippen MR) is 100 cm³/mol. The molecule has 0 radical (unpaired) electrons. The van der Waals surface area contributed by atoms with E-state index in [9.17, 15) is 14.4 Å². The van der Waals surface area contributed by atoms with Gasteiger partial charge in [-0.15, -0.1) is 0 Å². The molecule has 1 aromatic heterocycles. The first-order valence-electron chi connectivity index (χ1n) is 9.31. The first-order valence-corrected chi connectivity index (χ1v) is 9.31. The van der Waals surface area contributed by atoms with Gasteiger partial charge in [0.2, 0.25) is 11.8 Å². The van der Waals surface area contributed by atoms with Gasteiger partial charge < -0.3 is 9.15 Å². The van der Waals surface area contributed by atoms with Gasteiger partial charge in [0.05, 0.1) is 36.4 Å². The fourth-order valence-electron chi connectivity index (χ4n) is 4.27. The molecule has 0 aliphatic carbocycles. The maximum Gasteiger partial charge on any atom is 0.326 e. The number of ether oxygens (including phenoxy) is 1. The lowest BCUT2D eigenvalue weighted by Crippen LogP contribution is -2.54. The van der Waals surface area contributed by atoms with Crippen molar-refractivity contribution in [3.63, 3.8) is 0 Å². The van der Waals surface area contributed by atoms with Crippen LogP contribution in [0.15, 0.2) is 47.1 Å². The van der Waals surface area contributed by atoms with Gasteiger partial charge in [-0.3, -0.25) is 19.7 Å². The van der Waals surface area contributed by atoms with E-state index >= 15 is 0 Å². The second-order valence-electron chi connectivity index (χ2n) is 7.41. The summed E-state index contributed by atoms with van der Waals surface area (Å²) in [6, 6.07) is 10.0. The Morgan fingerprint density at radius 3 is 2.54 bits per heavy atom. The predicted octanol–water partition coefficient (Wildman–Crippen LogP) is 2.36. The number of furan rings is 1. The molecule has 7 heteroatoms. The van der Waals surface area contributed by atoms with Crippen LogP contribution in [0.5, 0.6) is 0 Å². The van der Waals surface area contributed by atoms with E-state index in [1.54, 1.807) is 38.1 Å². The Bertz CT molecular complexity index is 921. The third kappa shape index (κ3) is 2.57. The van der Waals surface area contributed by atoms with Gasteiger partial charge in [-0.25, -0.2) is 4.90 Å². The van der Waals surface area contributed by atoms with Gasteiger partial charge >= 0.3 is 5.97 Å². The number of nitrogens with one attached hydrogen (secondary N) is 1. The number of carbonyl (C=O) groups is 3. The largest absolute Gasteiger partial charge is 0.468 e. The van der Waals surface area contributed by atoms with Crippen LogP contribution in [0.3, 0.4) is 0 Å². The van der Waals surface area contributed by atoms with Crippen LogP contribution < -0.4 is 10.2 Å². The lowest BCUT2D eigenvalue weighted by molar-refractivity contribution is -0.153. The highest BCUT2D eigenvalue weighted by atomic mass is 16.5. The van der Waals surface area contributed by atoms with Gasteiger partial charge in [0.15, 0.2) is 0 Å². The van der Waals surface area contributed by atoms with Crippen LogP contribution in [0.2, 0.25) is 0 Å². The van der Waals surface area contributed by atoms with Crippen molar-refractivity contribution in [3.05, 3.63) is 54.0 Å². The van der Waals surface area contributed by atoms with Crippen LogP contribution in [0.25, 0.3) is 0 Å². The molecule has 1 aromatic carbocycles. The molecule has 2 saturated heterocycles. The van der Waals surface area contributed by atoms with E-state index < -0.39 is 35.3 Å². The van der Waals surface area contributed by atoms with E-state index in [-0.39, 0.29) is 12.5 Å². The van der Waals surface area contributed by atoms with Crippen molar-refractivity contribution in [1.29, 1.82) is 0 Å². The van der Waals surface area contributed by atoms with Crippen molar-refractivity contribution in [2.45, 2.75) is 32.4 Å². The standard InChI is InChI=1S/C21H22N2O5/c1-4-27-20(26)21(3)16-15(17(22-21)14-6-5-11-28-14)18(24)23(19(16)25)13-9-7-12(2)8-10-13/h5-11,15-17,22H,4H2,1-3H3/t15-,16+,17-,21+/m0/s1. The smallest absolute Gasteiger partial charge is 0.326 e. The zero-order valence-corrected chi connectivity index (χ0v) is 16.0. The fourth-order valence-corrected chi connectivity index (χ4v) is 4.27. The third-order valence-electron chi connectivity index (χ3n) is 5.63. The average Bonchev–Trinajstić information content (AvgIpc) is 3.35. The fraction of sp³-hybridized carbons (Fsp3) is 0.381. The molecule has 7 nitrogen and oxygen atoms in total. The third-order valence-corrected chi connectivity index (χ3v) is 5.63. The Hall–Kier alpha value is -2.93. The zero-order valence-electron chi connectivity index (χ0n) is 16.0. The van der Waals surface area contributed by atoms with Crippen LogP contribution in [-0.4, -0.2) is 29.9 Å². The normalized spacial score (nSPS) is 29.2. The molecule has 2 aliphatic rings. The summed E-state index contributed by atoms with van der Waals surface area (Å²) < 4.78 is 10.7. The van der Waals surface area contributed by atoms with Gasteiger partial charge in [-0.2, -0.15) is 0 Å². The maximum atomic E-state index is 13.3. The minimum Gasteiger partial charge on any atom is -0.468 e. The lowest BCUT2D eigenvalue weighted by Gasteiger charge is -2.28. The van der Waals surface area contributed by atoms with Crippen molar-refractivity contribution in [2.75, 3.05) is 11.5 Å². The minimum absolute atomic E-state index is 0.183. The number of aryl methyl sites for hydroxylation is 1. The number of hydrogen-bond donors (Lipinski definition) is 1. The number of imide groups is 1. The Morgan fingerprint density at radius 2 is 1.93 bits per heavy atom. The van der Waals surface area contributed by atoms with Crippen molar-refractivity contribution in [2.24, 2.45) is 11.8 Å². The van der Waals surface area contributed by atoms with Gasteiger partial charge in [-0.05, 0) is 45.0 Å². The van der Waals surface area contributed by atoms with E-state index in [0.29, 0.717) is 11.4 Å². The summed E-state index contributed by atoms with van der Waals surface area (Å²) >= 11 is 0. The quantitative estimate of drug-likeness (QED) is 0.645. The van der Waals surface area contributed by atoms with E-state index in [1.807, 2.05) is 19.1 Å². The number of esters is 1. The zero-order chi connectivity index (χ0) is 20.1. The number of nitrogens with zero attached hydrogens (tertiary/aromatic N) is 1. The van der Waals surface area contributed by atoms with Crippen molar-refractivity contribution < 1.29 is 23.5 Å². The van der Waals surface area contributed by atoms with Gasteiger partial charge in [0.1, 0.15) is 11.3 Å². The highest BCUT2D eigenvalue weighted by Gasteiger charge is 2.67. The van der Waals surface area contributed by atoms with Crippen molar-refractivity contribution in [3.8, 4) is 0 Å². The summed E-state index contributed by atoms with van der Waals surface area (Å²) in [7, 11) is 0. The molecule has 4 atom stereocenters. The molecule has 0 saturated carbocycles. The van der Waals surface area contributed by atoms with Crippen LogP contribution >= 0.6 is 0 Å². The Kier molecular flexibility index (Phi) is 4.34. The van der Waals surface area contributed by atoms with E-state index in [4.69, 9.17) is 9.15 Å². The number of benzene rings is 1. The molecule has 4 rings (SSSR count). The molecule has 28 heavy (non-hydrogen) atoms. The van der Waals surface area contributed by atoms with Crippen molar-refractivity contribution in [1.82, 2.24) is 5.32 Å². The van der Waals surface area contributed by atoms with Gasteiger partial charge in [0, 0.05) is 0 Å². The number of anilines is 1. The van der Waals surface area contributed by atoms with E-state index in [0.717, 1.165) is 5.56 Å². The molecule has 0 unspecified atom stereocenters. The molecular weight excluding hydrogens is 360 g/mol. The minimum atomic E-state index is -1.33. The molecule has 1 N–H and O–H groups in total. The SMILES string of the molecule is CCOC(=O)[C@]1(C)N[C@@H](c2ccco2)[C@H]2C(=O)N(c3ccc(C)cc3)C(=O)[C@@H]21. The molecule has 2 aliphatic heterocycles. The van der Waals surface area contributed by atoms with Crippen LogP contribution in [0.1, 0.15) is 31.2 Å².